The van der Waals surface area contributed by atoms with Crippen LogP contribution in [0.5, 0.6) is 0 Å². The van der Waals surface area contributed by atoms with Crippen molar-refractivity contribution < 1.29 is 9.47 Å². The molecule has 0 atom stereocenters. The molecule has 2 aliphatic rings. The maximum absolute atomic E-state index is 9.16. The van der Waals surface area contributed by atoms with Crippen molar-refractivity contribution in [1.82, 2.24) is 9.97 Å². The third kappa shape index (κ3) is 4.11. The highest BCUT2D eigenvalue weighted by molar-refractivity contribution is 7.24. The normalized spacial score (nSPS) is 16.9. The lowest BCUT2D eigenvalue weighted by molar-refractivity contribution is 0.122. The first-order chi connectivity index (χ1) is 14.2. The van der Waals surface area contributed by atoms with E-state index in [2.05, 4.69) is 14.8 Å². The molecule has 2 aromatic rings. The molecule has 0 radical (unpaired) electrons. The lowest BCUT2D eigenvalue weighted by Crippen LogP contribution is -2.37. The van der Waals surface area contributed by atoms with Crippen LogP contribution in [0, 0.1) is 22.7 Å². The fourth-order valence-electron chi connectivity index (χ4n) is 3.19. The molecule has 0 spiro atoms. The summed E-state index contributed by atoms with van der Waals surface area (Å²) in [6.45, 7) is 7.81. The van der Waals surface area contributed by atoms with Crippen molar-refractivity contribution in [3.8, 4) is 22.0 Å². The van der Waals surface area contributed by atoms with Crippen LogP contribution in [0.1, 0.15) is 11.8 Å². The highest BCUT2D eigenvalue weighted by Crippen LogP contribution is 2.43. The van der Waals surface area contributed by atoms with Crippen LogP contribution in [-0.4, -0.2) is 62.6 Å². The first-order valence-corrected chi connectivity index (χ1v) is 11.0. The minimum absolute atomic E-state index is 0.118. The topological polar surface area (TPSA) is 98.3 Å². The summed E-state index contributed by atoms with van der Waals surface area (Å²) in [5.41, 5.74) is 0.775. The molecule has 150 valence electrons. The molecule has 8 nitrogen and oxygen atoms in total. The Kier molecular flexibility index (Phi) is 6.07. The van der Waals surface area contributed by atoms with Gasteiger partial charge in [0.15, 0.2) is 10.9 Å². The molecule has 2 fully saturated rings. The lowest BCUT2D eigenvalue weighted by atomic mass is 10.1. The molecule has 2 aromatic heterocycles. The first kappa shape index (κ1) is 19.8. The smallest absolute Gasteiger partial charge is 0.188 e. The lowest BCUT2D eigenvalue weighted by Gasteiger charge is -2.28. The molecule has 0 aliphatic carbocycles. The summed E-state index contributed by atoms with van der Waals surface area (Å²) in [5.74, 6) is 0.933. The van der Waals surface area contributed by atoms with E-state index in [-0.39, 0.29) is 5.57 Å². The van der Waals surface area contributed by atoms with Crippen LogP contribution in [0.15, 0.2) is 11.8 Å². The Morgan fingerprint density at radius 3 is 2.24 bits per heavy atom. The van der Waals surface area contributed by atoms with Crippen molar-refractivity contribution in [3.63, 3.8) is 0 Å². The van der Waals surface area contributed by atoms with E-state index in [1.165, 1.54) is 11.3 Å². The van der Waals surface area contributed by atoms with Gasteiger partial charge < -0.3 is 19.3 Å². The molecule has 10 heteroatoms. The molecular formula is C19H20N6O2S2. The van der Waals surface area contributed by atoms with E-state index < -0.39 is 0 Å². The number of morpholine rings is 2. The summed E-state index contributed by atoms with van der Waals surface area (Å²) in [4.78, 5) is 15.9. The maximum atomic E-state index is 9.16. The van der Waals surface area contributed by atoms with Gasteiger partial charge in [-0.1, -0.05) is 11.3 Å². The zero-order chi connectivity index (χ0) is 20.2. The SMILES string of the molecule is CC(=C(C#N)C#N)c1cnc(-c2sc(N3CCOCC3)nc2N2CCOCC2)s1. The number of nitriles is 2. The van der Waals surface area contributed by atoms with E-state index in [0.717, 1.165) is 51.9 Å². The van der Waals surface area contributed by atoms with E-state index in [0.29, 0.717) is 32.0 Å². The number of rotatable bonds is 4. The summed E-state index contributed by atoms with van der Waals surface area (Å²) in [5, 5.41) is 20.1. The summed E-state index contributed by atoms with van der Waals surface area (Å²) in [7, 11) is 0. The van der Waals surface area contributed by atoms with E-state index in [1.807, 2.05) is 12.1 Å². The number of hydrogen-bond donors (Lipinski definition) is 0. The van der Waals surface area contributed by atoms with E-state index in [9.17, 15) is 0 Å². The third-order valence-electron chi connectivity index (χ3n) is 4.86. The summed E-state index contributed by atoms with van der Waals surface area (Å²) < 4.78 is 11.0. The number of anilines is 2. The van der Waals surface area contributed by atoms with Crippen molar-refractivity contribution in [2.45, 2.75) is 6.92 Å². The third-order valence-corrected chi connectivity index (χ3v) is 7.23. The van der Waals surface area contributed by atoms with Crippen LogP contribution < -0.4 is 9.80 Å². The highest BCUT2D eigenvalue weighted by atomic mass is 32.1. The van der Waals surface area contributed by atoms with Crippen LogP contribution in [0.4, 0.5) is 10.9 Å². The molecule has 0 saturated carbocycles. The van der Waals surface area contributed by atoms with Gasteiger partial charge in [-0.3, -0.25) is 0 Å². The van der Waals surface area contributed by atoms with Crippen LogP contribution >= 0.6 is 22.7 Å². The zero-order valence-electron chi connectivity index (χ0n) is 16.1. The number of ether oxygens (including phenoxy) is 2. The van der Waals surface area contributed by atoms with Gasteiger partial charge in [-0.25, -0.2) is 9.97 Å². The van der Waals surface area contributed by atoms with Crippen LogP contribution in [0.25, 0.3) is 15.5 Å². The van der Waals surface area contributed by atoms with E-state index >= 15 is 0 Å². The Hall–Kier alpha value is -2.50. The van der Waals surface area contributed by atoms with Crippen molar-refractivity contribution in [3.05, 3.63) is 16.6 Å². The Bertz CT molecular complexity index is 971. The minimum Gasteiger partial charge on any atom is -0.378 e. The molecule has 29 heavy (non-hydrogen) atoms. The summed E-state index contributed by atoms with van der Waals surface area (Å²) >= 11 is 3.13. The van der Waals surface area contributed by atoms with Gasteiger partial charge in [-0.2, -0.15) is 10.5 Å². The average Bonchev–Trinajstić information content (AvgIpc) is 3.43. The number of thiazole rings is 2. The number of allylic oxidation sites excluding steroid dienone is 2. The molecule has 0 unspecified atom stereocenters. The Morgan fingerprint density at radius 1 is 1.00 bits per heavy atom. The minimum atomic E-state index is 0.118. The second-order valence-corrected chi connectivity index (χ2v) is 8.61. The number of nitrogens with zero attached hydrogens (tertiary/aromatic N) is 6. The molecule has 4 heterocycles. The summed E-state index contributed by atoms with van der Waals surface area (Å²) in [6, 6.07) is 3.91. The molecule has 0 bridgehead atoms. The van der Waals surface area contributed by atoms with Gasteiger partial charge in [0.1, 0.15) is 27.6 Å². The number of hydrogen-bond acceptors (Lipinski definition) is 10. The van der Waals surface area contributed by atoms with Gasteiger partial charge in [0.2, 0.25) is 0 Å². The highest BCUT2D eigenvalue weighted by Gasteiger charge is 2.26. The second kappa shape index (κ2) is 8.89. The van der Waals surface area contributed by atoms with Gasteiger partial charge in [-0.15, -0.1) is 11.3 Å². The van der Waals surface area contributed by atoms with Gasteiger partial charge in [0.25, 0.3) is 0 Å². The van der Waals surface area contributed by atoms with Gasteiger partial charge in [0.05, 0.1) is 31.3 Å². The van der Waals surface area contributed by atoms with Gasteiger partial charge >= 0.3 is 0 Å². The van der Waals surface area contributed by atoms with Crippen LogP contribution in [0.2, 0.25) is 0 Å². The molecule has 4 rings (SSSR count). The zero-order valence-corrected chi connectivity index (χ0v) is 17.7. The largest absolute Gasteiger partial charge is 0.378 e. The van der Waals surface area contributed by atoms with E-state index in [1.54, 1.807) is 24.5 Å². The first-order valence-electron chi connectivity index (χ1n) is 9.35. The molecule has 0 aromatic carbocycles. The van der Waals surface area contributed by atoms with Crippen LogP contribution in [-0.2, 0) is 9.47 Å². The van der Waals surface area contributed by atoms with Crippen molar-refractivity contribution in [2.75, 3.05) is 62.4 Å². The predicted molar refractivity (Wildman–Crippen MR) is 113 cm³/mol. The fraction of sp³-hybridized carbons (Fsp3) is 0.474. The molecule has 0 amide bonds. The number of aromatic nitrogens is 2. The summed E-state index contributed by atoms with van der Waals surface area (Å²) in [6.07, 6.45) is 1.74. The standard InChI is InChI=1S/C19H20N6O2S2/c1-13(14(10-20)11-21)15-12-22-18(28-15)16-17(24-2-6-26-7-3-24)23-19(29-16)25-4-8-27-9-5-25/h12H,2-9H2,1H3. The molecule has 2 saturated heterocycles. The molecule has 2 aliphatic heterocycles. The Morgan fingerprint density at radius 2 is 1.62 bits per heavy atom. The Balaban J connectivity index is 1.72. The second-order valence-electron chi connectivity index (χ2n) is 6.60. The van der Waals surface area contributed by atoms with Crippen LogP contribution in [0.3, 0.4) is 0 Å². The fourth-order valence-corrected chi connectivity index (χ4v) is 5.33. The Labute approximate surface area is 177 Å². The van der Waals surface area contributed by atoms with Gasteiger partial charge in [-0.05, 0) is 12.5 Å². The molecule has 0 N–H and O–H groups in total. The van der Waals surface area contributed by atoms with E-state index in [4.69, 9.17) is 25.0 Å². The van der Waals surface area contributed by atoms with Crippen molar-refractivity contribution in [2.24, 2.45) is 0 Å². The monoisotopic (exact) mass is 428 g/mol. The predicted octanol–water partition coefficient (Wildman–Crippen LogP) is 2.76. The molecular weight excluding hydrogens is 408 g/mol. The van der Waals surface area contributed by atoms with Crippen molar-refractivity contribution in [1.29, 1.82) is 10.5 Å². The quantitative estimate of drug-likeness (QED) is 0.686. The van der Waals surface area contributed by atoms with Gasteiger partial charge in [0, 0.05) is 32.4 Å². The maximum Gasteiger partial charge on any atom is 0.188 e. The average molecular weight is 429 g/mol. The van der Waals surface area contributed by atoms with Crippen molar-refractivity contribution >= 4 is 39.2 Å².